The van der Waals surface area contributed by atoms with Crippen molar-refractivity contribution in [3.8, 4) is 5.75 Å². The lowest BCUT2D eigenvalue weighted by Crippen LogP contribution is -2.40. The van der Waals surface area contributed by atoms with Gasteiger partial charge in [-0.25, -0.2) is 0 Å². The standard InChI is InChI=1S/C20H25NO4/c1-2-13-25-16-11-9-14(10-12-16)17-18(22)20(24)21(19(17)23)15-7-5-3-4-6-8-15/h9-12,15,22H,2-8,13H2,1H3. The average Bonchev–Trinajstić information content (AvgIpc) is 2.82. The smallest absolute Gasteiger partial charge is 0.296 e. The van der Waals surface area contributed by atoms with Gasteiger partial charge in [-0.1, -0.05) is 44.7 Å². The number of aliphatic hydroxyl groups excluding tert-OH is 1. The fourth-order valence-corrected chi connectivity index (χ4v) is 3.58. The molecule has 0 saturated heterocycles. The van der Waals surface area contributed by atoms with Crippen molar-refractivity contribution >= 4 is 17.4 Å². The average molecular weight is 343 g/mol. The highest BCUT2D eigenvalue weighted by Gasteiger charge is 2.42. The molecule has 25 heavy (non-hydrogen) atoms. The summed E-state index contributed by atoms with van der Waals surface area (Å²) >= 11 is 0. The van der Waals surface area contributed by atoms with Crippen molar-refractivity contribution in [1.29, 1.82) is 0 Å². The molecule has 1 aliphatic heterocycles. The number of nitrogens with zero attached hydrogens (tertiary/aromatic N) is 1. The molecule has 1 saturated carbocycles. The lowest BCUT2D eigenvalue weighted by atomic mass is 10.0. The Morgan fingerprint density at radius 2 is 1.68 bits per heavy atom. The number of hydrogen-bond donors (Lipinski definition) is 1. The quantitative estimate of drug-likeness (QED) is 0.652. The molecular weight excluding hydrogens is 318 g/mol. The molecule has 0 atom stereocenters. The lowest BCUT2D eigenvalue weighted by Gasteiger charge is -2.25. The zero-order chi connectivity index (χ0) is 17.8. The first-order valence-electron chi connectivity index (χ1n) is 9.18. The highest BCUT2D eigenvalue weighted by molar-refractivity contribution is 6.35. The van der Waals surface area contributed by atoms with Crippen molar-refractivity contribution in [2.75, 3.05) is 6.61 Å². The summed E-state index contributed by atoms with van der Waals surface area (Å²) in [5.74, 6) is -0.658. The van der Waals surface area contributed by atoms with Crippen molar-refractivity contribution in [3.05, 3.63) is 35.6 Å². The summed E-state index contributed by atoms with van der Waals surface area (Å²) in [6, 6.07) is 6.86. The van der Waals surface area contributed by atoms with Crippen LogP contribution in [0.1, 0.15) is 57.4 Å². The maximum atomic E-state index is 12.9. The Kier molecular flexibility index (Phi) is 5.41. The van der Waals surface area contributed by atoms with E-state index in [1.54, 1.807) is 24.3 Å². The van der Waals surface area contributed by atoms with Crippen molar-refractivity contribution in [2.45, 2.75) is 57.9 Å². The second kappa shape index (κ2) is 7.72. The van der Waals surface area contributed by atoms with Crippen LogP contribution in [0.2, 0.25) is 0 Å². The Morgan fingerprint density at radius 1 is 1.04 bits per heavy atom. The van der Waals surface area contributed by atoms with Crippen molar-refractivity contribution in [2.24, 2.45) is 0 Å². The summed E-state index contributed by atoms with van der Waals surface area (Å²) in [5.41, 5.74) is 0.659. The molecule has 2 aliphatic rings. The first-order chi connectivity index (χ1) is 12.1. The van der Waals surface area contributed by atoms with Crippen LogP contribution < -0.4 is 4.74 Å². The summed E-state index contributed by atoms with van der Waals surface area (Å²) in [6.07, 6.45) is 6.86. The molecule has 0 spiro atoms. The van der Waals surface area contributed by atoms with Crippen LogP contribution in [-0.4, -0.2) is 34.5 Å². The third-order valence-electron chi connectivity index (χ3n) is 4.90. The lowest BCUT2D eigenvalue weighted by molar-refractivity contribution is -0.141. The number of aliphatic hydroxyl groups is 1. The Balaban J connectivity index is 1.81. The number of carbonyl (C=O) groups excluding carboxylic acids is 2. The second-order valence-corrected chi connectivity index (χ2v) is 6.72. The molecular formula is C20H25NO4. The number of carbonyl (C=O) groups is 2. The van der Waals surface area contributed by atoms with E-state index in [-0.39, 0.29) is 17.5 Å². The first-order valence-corrected chi connectivity index (χ1v) is 9.18. The maximum Gasteiger partial charge on any atom is 0.296 e. The van der Waals surface area contributed by atoms with Gasteiger partial charge in [-0.05, 0) is 37.0 Å². The highest BCUT2D eigenvalue weighted by Crippen LogP contribution is 2.33. The monoisotopic (exact) mass is 343 g/mol. The molecule has 1 N–H and O–H groups in total. The molecule has 5 heteroatoms. The van der Waals surface area contributed by atoms with Crippen LogP contribution in [0.5, 0.6) is 5.75 Å². The van der Waals surface area contributed by atoms with Gasteiger partial charge in [0.25, 0.3) is 11.8 Å². The Bertz CT molecular complexity index is 669. The van der Waals surface area contributed by atoms with Gasteiger partial charge in [0.2, 0.25) is 0 Å². The van der Waals surface area contributed by atoms with Crippen molar-refractivity contribution < 1.29 is 19.4 Å². The highest BCUT2D eigenvalue weighted by atomic mass is 16.5. The van der Waals surface area contributed by atoms with Gasteiger partial charge in [-0.15, -0.1) is 0 Å². The molecule has 0 aromatic heterocycles. The van der Waals surface area contributed by atoms with Crippen LogP contribution in [-0.2, 0) is 9.59 Å². The van der Waals surface area contributed by atoms with E-state index in [0.29, 0.717) is 17.9 Å². The predicted octanol–water partition coefficient (Wildman–Crippen LogP) is 3.84. The van der Waals surface area contributed by atoms with Gasteiger partial charge >= 0.3 is 0 Å². The van der Waals surface area contributed by atoms with Gasteiger partial charge in [0, 0.05) is 6.04 Å². The number of ether oxygens (including phenoxy) is 1. The molecule has 0 radical (unpaired) electrons. The number of hydrogen-bond acceptors (Lipinski definition) is 4. The molecule has 2 amide bonds. The van der Waals surface area contributed by atoms with E-state index in [0.717, 1.165) is 44.9 Å². The van der Waals surface area contributed by atoms with E-state index in [9.17, 15) is 14.7 Å². The summed E-state index contributed by atoms with van der Waals surface area (Å²) in [4.78, 5) is 26.6. The molecule has 0 bridgehead atoms. The minimum absolute atomic E-state index is 0.102. The van der Waals surface area contributed by atoms with Crippen LogP contribution in [0.3, 0.4) is 0 Å². The van der Waals surface area contributed by atoms with Crippen LogP contribution >= 0.6 is 0 Å². The van der Waals surface area contributed by atoms with E-state index in [1.165, 1.54) is 4.90 Å². The fraction of sp³-hybridized carbons (Fsp3) is 0.500. The molecule has 0 unspecified atom stereocenters. The summed E-state index contributed by atoms with van der Waals surface area (Å²) in [6.45, 7) is 2.66. The van der Waals surface area contributed by atoms with Crippen LogP contribution in [0.4, 0.5) is 0 Å². The molecule has 1 fully saturated rings. The first kappa shape index (κ1) is 17.5. The van der Waals surface area contributed by atoms with E-state index < -0.39 is 11.7 Å². The normalized spacial score (nSPS) is 19.5. The van der Waals surface area contributed by atoms with Gasteiger partial charge in [-0.2, -0.15) is 0 Å². The molecule has 1 aromatic rings. The van der Waals surface area contributed by atoms with E-state index in [4.69, 9.17) is 4.74 Å². The zero-order valence-corrected chi connectivity index (χ0v) is 14.7. The maximum absolute atomic E-state index is 12.9. The van der Waals surface area contributed by atoms with Gasteiger partial charge in [0.15, 0.2) is 5.76 Å². The topological polar surface area (TPSA) is 66.8 Å². The number of imide groups is 1. The fourth-order valence-electron chi connectivity index (χ4n) is 3.58. The van der Waals surface area contributed by atoms with Crippen LogP contribution in [0, 0.1) is 0 Å². The minimum atomic E-state index is -0.557. The van der Waals surface area contributed by atoms with E-state index >= 15 is 0 Å². The summed E-state index contributed by atoms with van der Waals surface area (Å²) < 4.78 is 5.54. The van der Waals surface area contributed by atoms with Gasteiger partial charge in [0.1, 0.15) is 5.75 Å². The molecule has 134 valence electrons. The Morgan fingerprint density at radius 3 is 2.28 bits per heavy atom. The van der Waals surface area contributed by atoms with Gasteiger partial charge < -0.3 is 9.84 Å². The summed E-state index contributed by atoms with van der Waals surface area (Å²) in [5, 5.41) is 10.3. The Labute approximate surface area is 148 Å². The van der Waals surface area contributed by atoms with Crippen LogP contribution in [0.25, 0.3) is 5.57 Å². The number of amides is 2. The third-order valence-corrected chi connectivity index (χ3v) is 4.90. The summed E-state index contributed by atoms with van der Waals surface area (Å²) in [7, 11) is 0. The van der Waals surface area contributed by atoms with Crippen molar-refractivity contribution in [1.82, 2.24) is 4.90 Å². The number of benzene rings is 1. The SMILES string of the molecule is CCCOc1ccc(C2=C(O)C(=O)N(C3CCCCCC3)C2=O)cc1. The zero-order valence-electron chi connectivity index (χ0n) is 14.7. The van der Waals surface area contributed by atoms with E-state index in [2.05, 4.69) is 0 Å². The molecule has 1 aromatic carbocycles. The largest absolute Gasteiger partial charge is 0.502 e. The minimum Gasteiger partial charge on any atom is -0.502 e. The Hall–Kier alpha value is -2.30. The van der Waals surface area contributed by atoms with Gasteiger partial charge in [0.05, 0.1) is 12.2 Å². The van der Waals surface area contributed by atoms with Crippen molar-refractivity contribution in [3.63, 3.8) is 0 Å². The van der Waals surface area contributed by atoms with Crippen LogP contribution in [0.15, 0.2) is 30.0 Å². The molecule has 5 nitrogen and oxygen atoms in total. The molecule has 3 rings (SSSR count). The molecule has 1 heterocycles. The predicted molar refractivity (Wildman–Crippen MR) is 95.1 cm³/mol. The number of rotatable bonds is 5. The molecule has 1 aliphatic carbocycles. The van der Waals surface area contributed by atoms with Gasteiger partial charge in [-0.3, -0.25) is 14.5 Å². The second-order valence-electron chi connectivity index (χ2n) is 6.72. The van der Waals surface area contributed by atoms with E-state index in [1.807, 2.05) is 6.92 Å². The third kappa shape index (κ3) is 3.55.